The molecule has 1 rings (SSSR count). The van der Waals surface area contributed by atoms with Crippen LogP contribution in [0.4, 0.5) is 0 Å². The van der Waals surface area contributed by atoms with Crippen molar-refractivity contribution in [3.8, 4) is 0 Å². The summed E-state index contributed by atoms with van der Waals surface area (Å²) in [6, 6.07) is 6.76. The van der Waals surface area contributed by atoms with Gasteiger partial charge in [-0.05, 0) is 30.7 Å². The highest BCUT2D eigenvalue weighted by Gasteiger charge is 2.13. The van der Waals surface area contributed by atoms with E-state index in [0.29, 0.717) is 0 Å². The fourth-order valence-electron chi connectivity index (χ4n) is 1.54. The molecule has 90 valence electrons. The van der Waals surface area contributed by atoms with E-state index < -0.39 is 0 Å². The lowest BCUT2D eigenvalue weighted by Crippen LogP contribution is -2.12. The average Bonchev–Trinajstić information content (AvgIpc) is 2.17. The van der Waals surface area contributed by atoms with Crippen LogP contribution < -0.4 is 5.32 Å². The number of rotatable bonds is 4. The van der Waals surface area contributed by atoms with Gasteiger partial charge in [0.2, 0.25) is 0 Å². The van der Waals surface area contributed by atoms with Gasteiger partial charge in [-0.15, -0.1) is 11.8 Å². The smallest absolute Gasteiger partial charge is 0.0205 e. The Morgan fingerprint density at radius 2 is 1.94 bits per heavy atom. The van der Waals surface area contributed by atoms with Crippen LogP contribution in [0.25, 0.3) is 0 Å². The summed E-state index contributed by atoms with van der Waals surface area (Å²) in [7, 11) is 0. The van der Waals surface area contributed by atoms with Crippen LogP contribution in [0, 0.1) is 6.92 Å². The molecule has 0 bridgehead atoms. The number of benzene rings is 1. The van der Waals surface area contributed by atoms with Gasteiger partial charge < -0.3 is 5.32 Å². The molecular formula is C14H23NS. The quantitative estimate of drug-likeness (QED) is 0.795. The van der Waals surface area contributed by atoms with E-state index in [1.807, 2.05) is 11.8 Å². The van der Waals surface area contributed by atoms with Gasteiger partial charge in [0.05, 0.1) is 0 Å². The fraction of sp³-hybridized carbons (Fsp3) is 0.571. The Balaban J connectivity index is 2.75. The molecule has 16 heavy (non-hydrogen) atoms. The lowest BCUT2D eigenvalue weighted by atomic mass is 10.1. The van der Waals surface area contributed by atoms with Crippen molar-refractivity contribution in [2.45, 2.75) is 50.8 Å². The largest absolute Gasteiger partial charge is 0.313 e. The molecule has 0 aliphatic rings. The standard InChI is InChI=1S/C14H23NS/c1-6-15-10-12-7-8-13(11(2)9-12)16-14(3,4)5/h7-9,15H,6,10H2,1-5H3. The zero-order valence-corrected chi connectivity index (χ0v) is 11.9. The molecule has 1 N–H and O–H groups in total. The number of hydrogen-bond acceptors (Lipinski definition) is 2. The van der Waals surface area contributed by atoms with Gasteiger partial charge in [-0.3, -0.25) is 0 Å². The van der Waals surface area contributed by atoms with Crippen LogP contribution in [0.1, 0.15) is 38.8 Å². The van der Waals surface area contributed by atoms with E-state index in [9.17, 15) is 0 Å². The molecule has 0 aromatic heterocycles. The van der Waals surface area contributed by atoms with Gasteiger partial charge in [0.1, 0.15) is 0 Å². The minimum Gasteiger partial charge on any atom is -0.313 e. The molecule has 1 nitrogen and oxygen atoms in total. The number of hydrogen-bond donors (Lipinski definition) is 1. The molecule has 0 fully saturated rings. The monoisotopic (exact) mass is 237 g/mol. The molecule has 0 saturated heterocycles. The van der Waals surface area contributed by atoms with E-state index in [1.54, 1.807) is 0 Å². The van der Waals surface area contributed by atoms with E-state index >= 15 is 0 Å². The summed E-state index contributed by atoms with van der Waals surface area (Å²) < 4.78 is 0.286. The molecule has 0 aliphatic heterocycles. The first-order valence-electron chi connectivity index (χ1n) is 5.91. The second-order valence-corrected chi connectivity index (χ2v) is 6.96. The van der Waals surface area contributed by atoms with Crippen molar-refractivity contribution in [3.63, 3.8) is 0 Å². The maximum atomic E-state index is 3.35. The third-order valence-corrected chi connectivity index (χ3v) is 3.52. The van der Waals surface area contributed by atoms with Crippen LogP contribution in [0.15, 0.2) is 23.1 Å². The minimum atomic E-state index is 0.286. The van der Waals surface area contributed by atoms with Gasteiger partial charge in [-0.2, -0.15) is 0 Å². The van der Waals surface area contributed by atoms with Crippen LogP contribution >= 0.6 is 11.8 Å². The highest BCUT2D eigenvalue weighted by atomic mass is 32.2. The summed E-state index contributed by atoms with van der Waals surface area (Å²) in [5.41, 5.74) is 2.76. The maximum absolute atomic E-state index is 3.35. The summed E-state index contributed by atoms with van der Waals surface area (Å²) in [5, 5.41) is 3.35. The van der Waals surface area contributed by atoms with Crippen LogP contribution in [0.2, 0.25) is 0 Å². The number of nitrogens with one attached hydrogen (secondary N) is 1. The van der Waals surface area contributed by atoms with Crippen molar-refractivity contribution >= 4 is 11.8 Å². The Labute approximate surface area is 104 Å². The third-order valence-electron chi connectivity index (χ3n) is 2.23. The van der Waals surface area contributed by atoms with E-state index in [0.717, 1.165) is 13.1 Å². The Hall–Kier alpha value is -0.470. The van der Waals surface area contributed by atoms with E-state index in [-0.39, 0.29) is 4.75 Å². The van der Waals surface area contributed by atoms with Gasteiger partial charge in [0, 0.05) is 16.2 Å². The van der Waals surface area contributed by atoms with E-state index in [1.165, 1.54) is 16.0 Å². The molecule has 2 heteroatoms. The molecular weight excluding hydrogens is 214 g/mol. The zero-order chi connectivity index (χ0) is 12.2. The zero-order valence-electron chi connectivity index (χ0n) is 11.1. The van der Waals surface area contributed by atoms with Crippen LogP contribution in [-0.2, 0) is 6.54 Å². The topological polar surface area (TPSA) is 12.0 Å². The maximum Gasteiger partial charge on any atom is 0.0205 e. The fourth-order valence-corrected chi connectivity index (χ4v) is 2.55. The summed E-state index contributed by atoms with van der Waals surface area (Å²) >= 11 is 1.94. The predicted octanol–water partition coefficient (Wildman–Crippen LogP) is 4.00. The molecule has 0 heterocycles. The van der Waals surface area contributed by atoms with Gasteiger partial charge in [-0.1, -0.05) is 39.8 Å². The Morgan fingerprint density at radius 3 is 2.44 bits per heavy atom. The molecule has 1 aromatic rings. The molecule has 0 spiro atoms. The highest BCUT2D eigenvalue weighted by Crippen LogP contribution is 2.34. The van der Waals surface area contributed by atoms with Gasteiger partial charge in [0.15, 0.2) is 0 Å². The Kier molecular flexibility index (Phi) is 4.88. The molecule has 1 aromatic carbocycles. The SMILES string of the molecule is CCNCc1ccc(SC(C)(C)C)c(C)c1. The van der Waals surface area contributed by atoms with Crippen LogP contribution in [0.3, 0.4) is 0 Å². The Morgan fingerprint density at radius 1 is 1.25 bits per heavy atom. The second kappa shape index (κ2) is 5.74. The average molecular weight is 237 g/mol. The van der Waals surface area contributed by atoms with Crippen molar-refractivity contribution < 1.29 is 0 Å². The van der Waals surface area contributed by atoms with Gasteiger partial charge >= 0.3 is 0 Å². The normalized spacial score (nSPS) is 11.8. The van der Waals surface area contributed by atoms with Crippen molar-refractivity contribution in [3.05, 3.63) is 29.3 Å². The van der Waals surface area contributed by atoms with Crippen molar-refractivity contribution in [1.29, 1.82) is 0 Å². The summed E-state index contributed by atoms with van der Waals surface area (Å²) in [6.07, 6.45) is 0. The van der Waals surface area contributed by atoms with Crippen LogP contribution in [-0.4, -0.2) is 11.3 Å². The second-order valence-electron chi connectivity index (χ2n) is 5.09. The molecule has 0 amide bonds. The van der Waals surface area contributed by atoms with Crippen LogP contribution in [0.5, 0.6) is 0 Å². The summed E-state index contributed by atoms with van der Waals surface area (Å²) in [4.78, 5) is 1.40. The first kappa shape index (κ1) is 13.6. The van der Waals surface area contributed by atoms with Gasteiger partial charge in [0.25, 0.3) is 0 Å². The van der Waals surface area contributed by atoms with Crippen molar-refractivity contribution in [2.75, 3.05) is 6.54 Å². The molecule has 0 unspecified atom stereocenters. The lowest BCUT2D eigenvalue weighted by Gasteiger charge is -2.19. The number of thioether (sulfide) groups is 1. The van der Waals surface area contributed by atoms with E-state index in [4.69, 9.17) is 0 Å². The molecule has 0 aliphatic carbocycles. The lowest BCUT2D eigenvalue weighted by molar-refractivity contribution is 0.725. The van der Waals surface area contributed by atoms with Crippen molar-refractivity contribution in [2.24, 2.45) is 0 Å². The highest BCUT2D eigenvalue weighted by molar-refractivity contribution is 8.00. The summed E-state index contributed by atoms with van der Waals surface area (Å²) in [6.45, 7) is 13.1. The summed E-state index contributed by atoms with van der Waals surface area (Å²) in [5.74, 6) is 0. The number of aryl methyl sites for hydroxylation is 1. The Bertz CT molecular complexity index is 339. The predicted molar refractivity (Wildman–Crippen MR) is 74.2 cm³/mol. The molecule has 0 saturated carbocycles. The van der Waals surface area contributed by atoms with E-state index in [2.05, 4.69) is 58.1 Å². The first-order chi connectivity index (χ1) is 7.42. The minimum absolute atomic E-state index is 0.286. The third kappa shape index (κ3) is 4.58. The van der Waals surface area contributed by atoms with Crippen molar-refractivity contribution in [1.82, 2.24) is 5.32 Å². The first-order valence-corrected chi connectivity index (χ1v) is 6.73. The van der Waals surface area contributed by atoms with Gasteiger partial charge in [-0.25, -0.2) is 0 Å². The molecule has 0 radical (unpaired) electrons. The molecule has 0 atom stereocenters.